The number of hydrogen-bond acceptors (Lipinski definition) is 4. The highest BCUT2D eigenvalue weighted by molar-refractivity contribution is 7.99. The Labute approximate surface area is 199 Å². The van der Waals surface area contributed by atoms with E-state index in [4.69, 9.17) is 44.3 Å². The van der Waals surface area contributed by atoms with Crippen LogP contribution in [0.15, 0.2) is 36.4 Å². The molecule has 0 saturated heterocycles. The van der Waals surface area contributed by atoms with Crippen molar-refractivity contribution in [3.05, 3.63) is 57.6 Å². The highest BCUT2D eigenvalue weighted by atomic mass is 35.5. The van der Waals surface area contributed by atoms with Crippen LogP contribution in [0.3, 0.4) is 0 Å². The molecule has 0 aliphatic rings. The largest absolute Gasteiger partial charge is 0.491 e. The molecular weight excluding hydrogens is 463 g/mol. The number of aliphatic hydroxyl groups is 1. The van der Waals surface area contributed by atoms with E-state index in [1.165, 1.54) is 0 Å². The SMILES string of the molecule is CCSC[C@@H](O)COc1ccc(C(C)(C)c2cc(Cl)c(OCCCCl)c(Cl)c2)cc1. The van der Waals surface area contributed by atoms with Crippen LogP contribution in [0.4, 0.5) is 0 Å². The Balaban J connectivity index is 2.11. The highest BCUT2D eigenvalue weighted by Gasteiger charge is 2.25. The lowest BCUT2D eigenvalue weighted by Crippen LogP contribution is -2.21. The van der Waals surface area contributed by atoms with Crippen molar-refractivity contribution in [3.8, 4) is 11.5 Å². The first-order valence-electron chi connectivity index (χ1n) is 9.97. The predicted octanol–water partition coefficient (Wildman–Crippen LogP) is 6.82. The zero-order valence-electron chi connectivity index (χ0n) is 17.6. The van der Waals surface area contributed by atoms with Crippen molar-refractivity contribution in [1.29, 1.82) is 0 Å². The molecule has 166 valence electrons. The first kappa shape index (κ1) is 25.5. The van der Waals surface area contributed by atoms with Gasteiger partial charge in [0.25, 0.3) is 0 Å². The number of alkyl halides is 1. The van der Waals surface area contributed by atoms with Crippen LogP contribution >= 0.6 is 46.6 Å². The second-order valence-corrected chi connectivity index (χ2v) is 9.94. The summed E-state index contributed by atoms with van der Waals surface area (Å²) in [5, 5.41) is 10.9. The van der Waals surface area contributed by atoms with Crippen molar-refractivity contribution in [1.82, 2.24) is 0 Å². The number of aliphatic hydroxyl groups excluding tert-OH is 1. The molecule has 7 heteroatoms. The van der Waals surface area contributed by atoms with Gasteiger partial charge in [-0.3, -0.25) is 0 Å². The molecule has 0 aromatic heterocycles. The average Bonchev–Trinajstić information content (AvgIpc) is 2.72. The average molecular weight is 492 g/mol. The minimum absolute atomic E-state index is 0.284. The smallest absolute Gasteiger partial charge is 0.156 e. The fourth-order valence-corrected chi connectivity index (χ4v) is 4.23. The van der Waals surface area contributed by atoms with Gasteiger partial charge in [0.2, 0.25) is 0 Å². The van der Waals surface area contributed by atoms with Gasteiger partial charge in [0.05, 0.1) is 22.8 Å². The van der Waals surface area contributed by atoms with E-state index >= 15 is 0 Å². The molecular formula is C23H29Cl3O3S. The third-order valence-corrected chi connectivity index (χ3v) is 6.63. The fourth-order valence-electron chi connectivity index (χ4n) is 2.92. The molecule has 0 unspecified atom stereocenters. The minimum atomic E-state index is -0.472. The van der Waals surface area contributed by atoms with Crippen LogP contribution in [-0.4, -0.2) is 41.8 Å². The summed E-state index contributed by atoms with van der Waals surface area (Å²) in [6.07, 6.45) is 0.255. The summed E-state index contributed by atoms with van der Waals surface area (Å²) < 4.78 is 11.4. The maximum Gasteiger partial charge on any atom is 0.156 e. The molecule has 0 aliphatic heterocycles. The number of ether oxygens (including phenoxy) is 2. The molecule has 2 rings (SSSR count). The zero-order chi connectivity index (χ0) is 22.1. The summed E-state index contributed by atoms with van der Waals surface area (Å²) >= 11 is 20.3. The Hall–Kier alpha value is -0.780. The van der Waals surface area contributed by atoms with Crippen LogP contribution in [0.25, 0.3) is 0 Å². The molecule has 0 fully saturated rings. The normalized spacial score (nSPS) is 12.6. The van der Waals surface area contributed by atoms with Gasteiger partial charge in [-0.2, -0.15) is 11.8 Å². The van der Waals surface area contributed by atoms with Crippen LogP contribution in [0.2, 0.25) is 10.0 Å². The second kappa shape index (κ2) is 12.3. The van der Waals surface area contributed by atoms with Crippen molar-refractivity contribution < 1.29 is 14.6 Å². The van der Waals surface area contributed by atoms with Crippen molar-refractivity contribution >= 4 is 46.6 Å². The van der Waals surface area contributed by atoms with E-state index in [1.54, 1.807) is 11.8 Å². The van der Waals surface area contributed by atoms with Crippen molar-refractivity contribution in [2.75, 3.05) is 30.6 Å². The number of benzene rings is 2. The molecule has 0 radical (unpaired) electrons. The Morgan fingerprint density at radius 2 is 1.67 bits per heavy atom. The molecule has 0 saturated carbocycles. The van der Waals surface area contributed by atoms with E-state index in [0.29, 0.717) is 34.0 Å². The van der Waals surface area contributed by atoms with Gasteiger partial charge in [0, 0.05) is 17.0 Å². The third-order valence-electron chi connectivity index (χ3n) is 4.78. The number of halogens is 3. The molecule has 30 heavy (non-hydrogen) atoms. The van der Waals surface area contributed by atoms with Gasteiger partial charge in [-0.15, -0.1) is 11.6 Å². The summed E-state index contributed by atoms with van der Waals surface area (Å²) in [6, 6.07) is 11.7. The molecule has 3 nitrogen and oxygen atoms in total. The van der Waals surface area contributed by atoms with Gasteiger partial charge in [0.1, 0.15) is 12.4 Å². The maximum atomic E-state index is 9.93. The van der Waals surface area contributed by atoms with E-state index in [0.717, 1.165) is 29.1 Å². The van der Waals surface area contributed by atoms with Crippen LogP contribution in [-0.2, 0) is 5.41 Å². The second-order valence-electron chi connectivity index (χ2n) is 7.43. The molecule has 1 atom stereocenters. The number of hydrogen-bond donors (Lipinski definition) is 1. The minimum Gasteiger partial charge on any atom is -0.491 e. The standard InChI is InChI=1S/C23H29Cl3O3S/c1-4-30-15-18(27)14-29-19-8-6-16(7-9-19)23(2,3)17-12-20(25)22(21(26)13-17)28-11-5-10-24/h6-9,12-13,18,27H,4-5,10-11,14-15H2,1-3H3/t18-/m0/s1. The first-order valence-corrected chi connectivity index (χ1v) is 12.4. The van der Waals surface area contributed by atoms with Gasteiger partial charge in [-0.1, -0.05) is 56.1 Å². The molecule has 0 aliphatic carbocycles. The summed E-state index contributed by atoms with van der Waals surface area (Å²) in [6.45, 7) is 7.06. The lowest BCUT2D eigenvalue weighted by atomic mass is 9.78. The van der Waals surface area contributed by atoms with E-state index in [-0.39, 0.29) is 12.0 Å². The summed E-state index contributed by atoms with van der Waals surface area (Å²) in [7, 11) is 0. The van der Waals surface area contributed by atoms with E-state index < -0.39 is 6.10 Å². The van der Waals surface area contributed by atoms with Crippen molar-refractivity contribution in [3.63, 3.8) is 0 Å². The van der Waals surface area contributed by atoms with E-state index in [2.05, 4.69) is 20.8 Å². The van der Waals surface area contributed by atoms with Gasteiger partial charge in [-0.25, -0.2) is 0 Å². The number of rotatable bonds is 12. The van der Waals surface area contributed by atoms with Crippen LogP contribution in [0.1, 0.15) is 38.3 Å². The molecule has 0 heterocycles. The Morgan fingerprint density at radius 3 is 2.23 bits per heavy atom. The molecule has 0 bridgehead atoms. The highest BCUT2D eigenvalue weighted by Crippen LogP contribution is 2.40. The topological polar surface area (TPSA) is 38.7 Å². The maximum absolute atomic E-state index is 9.93. The molecule has 1 N–H and O–H groups in total. The molecule has 0 spiro atoms. The number of thioether (sulfide) groups is 1. The van der Waals surface area contributed by atoms with Crippen molar-refractivity contribution in [2.24, 2.45) is 0 Å². The van der Waals surface area contributed by atoms with Gasteiger partial charge in [0.15, 0.2) is 5.75 Å². The molecule has 2 aromatic rings. The third kappa shape index (κ3) is 7.13. The van der Waals surface area contributed by atoms with Gasteiger partial charge >= 0.3 is 0 Å². The summed E-state index contributed by atoms with van der Waals surface area (Å²) in [5.74, 6) is 3.40. The van der Waals surface area contributed by atoms with Gasteiger partial charge in [-0.05, 0) is 47.6 Å². The van der Waals surface area contributed by atoms with E-state index in [1.807, 2.05) is 36.4 Å². The monoisotopic (exact) mass is 490 g/mol. The van der Waals surface area contributed by atoms with Gasteiger partial charge < -0.3 is 14.6 Å². The van der Waals surface area contributed by atoms with Crippen LogP contribution < -0.4 is 9.47 Å². The summed E-state index contributed by atoms with van der Waals surface area (Å²) in [4.78, 5) is 0. The lowest BCUT2D eigenvalue weighted by molar-refractivity contribution is 0.126. The Kier molecular flexibility index (Phi) is 10.5. The zero-order valence-corrected chi connectivity index (χ0v) is 20.7. The van der Waals surface area contributed by atoms with Crippen LogP contribution in [0, 0.1) is 0 Å². The molecule has 0 amide bonds. The molecule has 2 aromatic carbocycles. The van der Waals surface area contributed by atoms with E-state index in [9.17, 15) is 5.11 Å². The first-order chi connectivity index (χ1) is 14.3. The quantitative estimate of drug-likeness (QED) is 0.261. The fraction of sp³-hybridized carbons (Fsp3) is 0.478. The predicted molar refractivity (Wildman–Crippen MR) is 130 cm³/mol. The van der Waals surface area contributed by atoms with Crippen molar-refractivity contribution in [2.45, 2.75) is 38.7 Å². The summed E-state index contributed by atoms with van der Waals surface area (Å²) in [5.41, 5.74) is 1.76. The van der Waals surface area contributed by atoms with Crippen LogP contribution in [0.5, 0.6) is 11.5 Å². The lowest BCUT2D eigenvalue weighted by Gasteiger charge is -2.27. The Morgan fingerprint density at radius 1 is 1.03 bits per heavy atom. The Bertz CT molecular complexity index is 774.